The summed E-state index contributed by atoms with van der Waals surface area (Å²) in [6.45, 7) is 9.09. The Hall–Kier alpha value is 0.100. The summed E-state index contributed by atoms with van der Waals surface area (Å²) in [6, 6.07) is 0. The number of hydrogen-bond acceptors (Lipinski definition) is 1. The van der Waals surface area contributed by atoms with Gasteiger partial charge in [0.05, 0.1) is 25.7 Å². The van der Waals surface area contributed by atoms with Crippen molar-refractivity contribution in [1.29, 1.82) is 0 Å². The van der Waals surface area contributed by atoms with Crippen molar-refractivity contribution in [2.75, 3.05) is 18.5 Å². The quantitative estimate of drug-likeness (QED) is 0.179. The average molecular weight is 358 g/mol. The predicted molar refractivity (Wildman–Crippen MR) is 114 cm³/mol. The lowest BCUT2D eigenvalue weighted by molar-refractivity contribution is -0.111. The second-order valence-electron chi connectivity index (χ2n) is 7.64. The Labute approximate surface area is 154 Å². The van der Waals surface area contributed by atoms with Crippen molar-refractivity contribution in [2.24, 2.45) is 0 Å². The van der Waals surface area contributed by atoms with Crippen LogP contribution in [0.4, 0.5) is 0 Å². The van der Waals surface area contributed by atoms with E-state index in [-0.39, 0.29) is 0 Å². The zero-order valence-corrected chi connectivity index (χ0v) is 18.3. The van der Waals surface area contributed by atoms with Crippen LogP contribution >= 0.6 is 7.26 Å². The van der Waals surface area contributed by atoms with Gasteiger partial charge in [-0.15, -0.1) is 0 Å². The molecule has 0 aromatic carbocycles. The molecule has 0 fully saturated rings. The van der Waals surface area contributed by atoms with Crippen LogP contribution in [0.3, 0.4) is 0 Å². The first kappa shape index (κ1) is 24.1. The van der Waals surface area contributed by atoms with Crippen LogP contribution in [-0.4, -0.2) is 24.0 Å². The monoisotopic (exact) mass is 357 g/mol. The van der Waals surface area contributed by atoms with Crippen molar-refractivity contribution in [3.05, 3.63) is 0 Å². The highest BCUT2D eigenvalue weighted by Crippen LogP contribution is 2.62. The molecule has 0 aromatic heterocycles. The van der Waals surface area contributed by atoms with E-state index >= 15 is 0 Å². The molecule has 0 spiro atoms. The van der Waals surface area contributed by atoms with Gasteiger partial charge >= 0.3 is 0 Å². The third-order valence-electron chi connectivity index (χ3n) is 5.34. The first-order valence-corrected chi connectivity index (χ1v) is 13.4. The molecule has 0 aromatic rings. The van der Waals surface area contributed by atoms with E-state index in [1.54, 1.807) is 0 Å². The van der Waals surface area contributed by atoms with Crippen LogP contribution in [0.5, 0.6) is 0 Å². The molecule has 2 heteroatoms. The van der Waals surface area contributed by atoms with Crippen molar-refractivity contribution in [3.63, 3.8) is 0 Å². The summed E-state index contributed by atoms with van der Waals surface area (Å²) in [5.41, 5.74) is 0.714. The van der Waals surface area contributed by atoms with Gasteiger partial charge in [-0.1, -0.05) is 85.5 Å². The second kappa shape index (κ2) is 16.6. The second-order valence-corrected chi connectivity index (χ2v) is 11.8. The maximum atomic E-state index is 13.2. The number of carbonyl (C=O) groups is 1. The third-order valence-corrected chi connectivity index (χ3v) is 10.1. The van der Waals surface area contributed by atoms with E-state index in [0.717, 1.165) is 12.8 Å². The zero-order chi connectivity index (χ0) is 18.1. The van der Waals surface area contributed by atoms with Crippen LogP contribution in [0.25, 0.3) is 0 Å². The lowest BCUT2D eigenvalue weighted by Crippen LogP contribution is -2.18. The van der Waals surface area contributed by atoms with Crippen LogP contribution in [0.1, 0.15) is 118 Å². The van der Waals surface area contributed by atoms with Gasteiger partial charge in [0.1, 0.15) is 0 Å². The summed E-state index contributed by atoms with van der Waals surface area (Å²) in [7, 11) is -1.34. The minimum absolute atomic E-state index is 0.714. The number of carbonyl (C=O) groups excluding carboxylic acids is 1. The molecule has 0 atom stereocenters. The molecule has 0 unspecified atom stereocenters. The van der Waals surface area contributed by atoms with Gasteiger partial charge in [-0.05, 0) is 25.7 Å². The molecule has 0 aliphatic carbocycles. The Morgan fingerprint density at radius 1 is 0.542 bits per heavy atom. The SMILES string of the molecule is CCCCCCCCCC(=O)[P+](CCCC)(CCCC)CCCC. The maximum Gasteiger partial charge on any atom is 0.267 e. The van der Waals surface area contributed by atoms with E-state index in [4.69, 9.17) is 0 Å². The average Bonchev–Trinajstić information content (AvgIpc) is 2.60. The van der Waals surface area contributed by atoms with E-state index in [1.807, 2.05) is 0 Å². The standard InChI is InChI=1S/C22H46OP/c1-5-9-13-14-15-16-17-18-22(23)24(19-10-6-2,20-11-7-3)21-12-8-4/h5-21H2,1-4H3/q+1. The van der Waals surface area contributed by atoms with E-state index in [0.29, 0.717) is 5.52 Å². The highest BCUT2D eigenvalue weighted by atomic mass is 31.2. The molecule has 0 amide bonds. The Morgan fingerprint density at radius 3 is 1.33 bits per heavy atom. The third kappa shape index (κ3) is 10.9. The summed E-state index contributed by atoms with van der Waals surface area (Å²) in [4.78, 5) is 13.2. The zero-order valence-electron chi connectivity index (χ0n) is 17.4. The Balaban J connectivity index is 4.45. The predicted octanol–water partition coefficient (Wildman–Crippen LogP) is 8.07. The Morgan fingerprint density at radius 2 is 0.917 bits per heavy atom. The normalized spacial score (nSPS) is 11.8. The van der Waals surface area contributed by atoms with E-state index in [2.05, 4.69) is 27.7 Å². The van der Waals surface area contributed by atoms with Crippen molar-refractivity contribution in [2.45, 2.75) is 118 Å². The first-order chi connectivity index (χ1) is 11.7. The smallest absolute Gasteiger partial charge is 0.253 e. The largest absolute Gasteiger partial charge is 0.267 e. The molecule has 0 rings (SSSR count). The number of unbranched alkanes of at least 4 members (excludes halogenated alkanes) is 9. The van der Waals surface area contributed by atoms with Crippen LogP contribution < -0.4 is 0 Å². The minimum atomic E-state index is -1.34. The molecule has 0 saturated heterocycles. The maximum absolute atomic E-state index is 13.2. The molecular formula is C22H46OP+. The van der Waals surface area contributed by atoms with Crippen LogP contribution in [0, 0.1) is 0 Å². The van der Waals surface area contributed by atoms with Gasteiger partial charge in [0.2, 0.25) is 0 Å². The van der Waals surface area contributed by atoms with Gasteiger partial charge in [-0.3, -0.25) is 4.79 Å². The fourth-order valence-electron chi connectivity index (χ4n) is 3.56. The summed E-state index contributed by atoms with van der Waals surface area (Å²) in [5.74, 6) is 0. The van der Waals surface area contributed by atoms with Gasteiger partial charge in [-0.25, -0.2) is 0 Å². The van der Waals surface area contributed by atoms with E-state index in [9.17, 15) is 4.79 Å². The fraction of sp³-hybridized carbons (Fsp3) is 0.955. The van der Waals surface area contributed by atoms with Gasteiger partial charge in [-0.2, -0.15) is 0 Å². The minimum Gasteiger partial charge on any atom is -0.253 e. The molecule has 24 heavy (non-hydrogen) atoms. The first-order valence-electron chi connectivity index (χ1n) is 11.1. The van der Waals surface area contributed by atoms with E-state index in [1.165, 1.54) is 95.5 Å². The molecule has 0 aliphatic heterocycles. The van der Waals surface area contributed by atoms with E-state index < -0.39 is 7.26 Å². The molecule has 0 heterocycles. The number of hydrogen-bond donors (Lipinski definition) is 0. The number of rotatable bonds is 18. The molecule has 0 aliphatic rings. The highest BCUT2D eigenvalue weighted by molar-refractivity contribution is 7.90. The molecule has 1 nitrogen and oxygen atoms in total. The topological polar surface area (TPSA) is 17.1 Å². The van der Waals surface area contributed by atoms with Crippen molar-refractivity contribution >= 4 is 12.8 Å². The molecule has 0 N–H and O–H groups in total. The van der Waals surface area contributed by atoms with Gasteiger partial charge < -0.3 is 0 Å². The van der Waals surface area contributed by atoms with Crippen LogP contribution in [0.2, 0.25) is 0 Å². The lowest BCUT2D eigenvalue weighted by Gasteiger charge is -2.25. The Bertz CT molecular complexity index is 266. The summed E-state index contributed by atoms with van der Waals surface area (Å²) in [6.07, 6.45) is 21.3. The molecule has 0 radical (unpaired) electrons. The molecule has 0 bridgehead atoms. The highest BCUT2D eigenvalue weighted by Gasteiger charge is 2.43. The lowest BCUT2D eigenvalue weighted by atomic mass is 10.1. The summed E-state index contributed by atoms with van der Waals surface area (Å²) < 4.78 is 0. The van der Waals surface area contributed by atoms with Crippen molar-refractivity contribution < 1.29 is 4.79 Å². The van der Waals surface area contributed by atoms with Crippen molar-refractivity contribution in [3.8, 4) is 0 Å². The van der Waals surface area contributed by atoms with Gasteiger partial charge in [0, 0.05) is 6.42 Å². The molecular weight excluding hydrogens is 311 g/mol. The summed E-state index contributed by atoms with van der Waals surface area (Å²) in [5, 5.41) is 0. The van der Waals surface area contributed by atoms with Crippen molar-refractivity contribution in [1.82, 2.24) is 0 Å². The fourth-order valence-corrected chi connectivity index (χ4v) is 8.38. The van der Waals surface area contributed by atoms with Gasteiger partial charge in [0.25, 0.3) is 5.52 Å². The molecule has 144 valence electrons. The Kier molecular flexibility index (Phi) is 16.6. The molecule has 0 saturated carbocycles. The van der Waals surface area contributed by atoms with Crippen LogP contribution in [-0.2, 0) is 4.79 Å². The summed E-state index contributed by atoms with van der Waals surface area (Å²) >= 11 is 0. The van der Waals surface area contributed by atoms with Crippen LogP contribution in [0.15, 0.2) is 0 Å². The van der Waals surface area contributed by atoms with Gasteiger partial charge in [0.15, 0.2) is 0 Å².